The summed E-state index contributed by atoms with van der Waals surface area (Å²) in [6, 6.07) is 7.97. The zero-order chi connectivity index (χ0) is 20.2. The van der Waals surface area contributed by atoms with Crippen LogP contribution in [0, 0.1) is 17.8 Å². The minimum absolute atomic E-state index is 0.140. The maximum atomic E-state index is 13.4. The predicted octanol–water partition coefficient (Wildman–Crippen LogP) is 6.52. The van der Waals surface area contributed by atoms with Crippen molar-refractivity contribution in [3.8, 4) is 0 Å². The van der Waals surface area contributed by atoms with Gasteiger partial charge in [0.15, 0.2) is 0 Å². The van der Waals surface area contributed by atoms with Crippen LogP contribution in [0.15, 0.2) is 39.4 Å². The third kappa shape index (κ3) is 5.15. The number of rotatable bonds is 9. The molecule has 0 aromatic carbocycles. The minimum atomic E-state index is 0.140. The summed E-state index contributed by atoms with van der Waals surface area (Å²) in [4.78, 5) is 15.3. The van der Waals surface area contributed by atoms with E-state index in [1.54, 1.807) is 6.26 Å². The van der Waals surface area contributed by atoms with E-state index in [0.717, 1.165) is 42.0 Å². The first-order valence-electron chi connectivity index (χ1n) is 11.5. The molecule has 0 N–H and O–H groups in total. The van der Waals surface area contributed by atoms with Gasteiger partial charge in [0.2, 0.25) is 5.91 Å². The zero-order valence-corrected chi connectivity index (χ0v) is 17.9. The van der Waals surface area contributed by atoms with Gasteiger partial charge in [0, 0.05) is 11.8 Å². The van der Waals surface area contributed by atoms with Gasteiger partial charge in [0.25, 0.3) is 0 Å². The van der Waals surface area contributed by atoms with E-state index < -0.39 is 0 Å². The van der Waals surface area contributed by atoms with Gasteiger partial charge in [-0.2, -0.15) is 0 Å². The average molecular weight is 398 g/mol. The van der Waals surface area contributed by atoms with Crippen molar-refractivity contribution in [2.45, 2.75) is 84.2 Å². The lowest BCUT2D eigenvalue weighted by Crippen LogP contribution is -2.36. The molecular weight excluding hydrogens is 362 g/mol. The molecule has 0 bridgehead atoms. The molecule has 0 spiro atoms. The van der Waals surface area contributed by atoms with Crippen molar-refractivity contribution >= 4 is 5.91 Å². The Labute approximate surface area is 174 Å². The first kappa shape index (κ1) is 20.3. The maximum absolute atomic E-state index is 13.4. The minimum Gasteiger partial charge on any atom is -0.467 e. The van der Waals surface area contributed by atoms with E-state index in [4.69, 9.17) is 8.83 Å². The second kappa shape index (κ2) is 9.23. The van der Waals surface area contributed by atoms with Crippen LogP contribution < -0.4 is 0 Å². The summed E-state index contributed by atoms with van der Waals surface area (Å²) in [5.41, 5.74) is 0. The fourth-order valence-electron chi connectivity index (χ4n) is 4.84. The third-order valence-corrected chi connectivity index (χ3v) is 6.90. The second-order valence-corrected chi connectivity index (χ2v) is 9.26. The summed E-state index contributed by atoms with van der Waals surface area (Å²) in [5.74, 6) is 5.29. The first-order chi connectivity index (χ1) is 14.1. The standard InChI is InChI=1S/C25H35NO3/c1-3-4-6-19-8-10-20(11-9-19)25(27)26(16-21-7-5-14-28-21)17-22-12-13-24(29-22)23-15-18(23)2/h5,7,12-14,18-20,23H,3-4,6,8-11,15-17H2,1-2H3. The highest BCUT2D eigenvalue weighted by molar-refractivity contribution is 5.78. The van der Waals surface area contributed by atoms with Gasteiger partial charge in [-0.3, -0.25) is 4.79 Å². The summed E-state index contributed by atoms with van der Waals surface area (Å²) in [7, 11) is 0. The quantitative estimate of drug-likeness (QED) is 0.484. The molecule has 4 heteroatoms. The molecule has 2 aromatic rings. The van der Waals surface area contributed by atoms with Gasteiger partial charge >= 0.3 is 0 Å². The maximum Gasteiger partial charge on any atom is 0.226 e. The van der Waals surface area contributed by atoms with E-state index in [-0.39, 0.29) is 11.8 Å². The van der Waals surface area contributed by atoms with Gasteiger partial charge in [-0.15, -0.1) is 0 Å². The second-order valence-electron chi connectivity index (χ2n) is 9.26. The van der Waals surface area contributed by atoms with Crippen LogP contribution in [0.5, 0.6) is 0 Å². The molecule has 0 radical (unpaired) electrons. The van der Waals surface area contributed by atoms with Crippen molar-refractivity contribution in [2.24, 2.45) is 17.8 Å². The molecule has 4 nitrogen and oxygen atoms in total. The van der Waals surface area contributed by atoms with Crippen molar-refractivity contribution in [1.29, 1.82) is 0 Å². The normalized spacial score (nSPS) is 26.4. The number of hydrogen-bond acceptors (Lipinski definition) is 3. The number of carbonyl (C=O) groups is 1. The Morgan fingerprint density at radius 3 is 2.52 bits per heavy atom. The van der Waals surface area contributed by atoms with Crippen LogP contribution in [0.3, 0.4) is 0 Å². The van der Waals surface area contributed by atoms with Crippen LogP contribution in [-0.2, 0) is 17.9 Å². The summed E-state index contributed by atoms with van der Waals surface area (Å²) in [6.07, 6.45) is 11.2. The Morgan fingerprint density at radius 2 is 1.86 bits per heavy atom. The molecule has 0 aliphatic heterocycles. The van der Waals surface area contributed by atoms with Crippen molar-refractivity contribution in [3.05, 3.63) is 47.8 Å². The van der Waals surface area contributed by atoms with E-state index in [1.807, 2.05) is 23.1 Å². The summed E-state index contributed by atoms with van der Waals surface area (Å²) in [6.45, 7) is 5.55. The van der Waals surface area contributed by atoms with E-state index >= 15 is 0 Å². The predicted molar refractivity (Wildman–Crippen MR) is 113 cm³/mol. The molecule has 2 heterocycles. The third-order valence-electron chi connectivity index (χ3n) is 6.90. The Hall–Kier alpha value is -1.97. The van der Waals surface area contributed by atoms with Crippen LogP contribution >= 0.6 is 0 Å². The zero-order valence-electron chi connectivity index (χ0n) is 17.9. The monoisotopic (exact) mass is 397 g/mol. The van der Waals surface area contributed by atoms with Crippen molar-refractivity contribution in [3.63, 3.8) is 0 Å². The largest absolute Gasteiger partial charge is 0.467 e. The smallest absolute Gasteiger partial charge is 0.226 e. The molecule has 2 atom stereocenters. The molecule has 2 fully saturated rings. The Morgan fingerprint density at radius 1 is 1.10 bits per heavy atom. The Balaban J connectivity index is 1.40. The molecular formula is C25H35NO3. The van der Waals surface area contributed by atoms with E-state index in [1.165, 1.54) is 38.5 Å². The number of amides is 1. The highest BCUT2D eigenvalue weighted by Gasteiger charge is 2.37. The fraction of sp³-hybridized carbons (Fsp3) is 0.640. The van der Waals surface area contributed by atoms with Gasteiger partial charge in [0.1, 0.15) is 17.3 Å². The van der Waals surface area contributed by atoms with Crippen LogP contribution in [0.4, 0.5) is 0 Å². The molecule has 2 aliphatic carbocycles. The van der Waals surface area contributed by atoms with Gasteiger partial charge < -0.3 is 13.7 Å². The van der Waals surface area contributed by atoms with Crippen molar-refractivity contribution in [2.75, 3.05) is 0 Å². The molecule has 29 heavy (non-hydrogen) atoms. The number of carbonyl (C=O) groups excluding carboxylic acids is 1. The summed E-state index contributed by atoms with van der Waals surface area (Å²) in [5, 5.41) is 0. The van der Waals surface area contributed by atoms with Crippen molar-refractivity contribution in [1.82, 2.24) is 4.90 Å². The number of furan rings is 2. The van der Waals surface area contributed by atoms with Crippen LogP contribution in [0.25, 0.3) is 0 Å². The lowest BCUT2D eigenvalue weighted by molar-refractivity contribution is -0.138. The van der Waals surface area contributed by atoms with Gasteiger partial charge in [-0.05, 0) is 68.2 Å². The molecule has 4 rings (SSSR count). The Bertz CT molecular complexity index is 770. The number of nitrogens with zero attached hydrogens (tertiary/aromatic N) is 1. The number of unbranched alkanes of at least 4 members (excludes halogenated alkanes) is 1. The van der Waals surface area contributed by atoms with Gasteiger partial charge in [-0.1, -0.05) is 33.1 Å². The fourth-order valence-corrected chi connectivity index (χ4v) is 4.84. The highest BCUT2D eigenvalue weighted by Crippen LogP contribution is 2.47. The van der Waals surface area contributed by atoms with Gasteiger partial charge in [0.05, 0.1) is 19.4 Å². The van der Waals surface area contributed by atoms with Crippen molar-refractivity contribution < 1.29 is 13.6 Å². The van der Waals surface area contributed by atoms with E-state index in [0.29, 0.717) is 19.0 Å². The summed E-state index contributed by atoms with van der Waals surface area (Å²) < 4.78 is 11.6. The molecule has 2 unspecified atom stereocenters. The lowest BCUT2D eigenvalue weighted by Gasteiger charge is -2.31. The molecule has 0 saturated heterocycles. The molecule has 2 saturated carbocycles. The van der Waals surface area contributed by atoms with E-state index in [2.05, 4.69) is 19.9 Å². The SMILES string of the molecule is CCCCC1CCC(C(=O)N(Cc2ccco2)Cc2ccc(C3CC3C)o2)CC1. The van der Waals surface area contributed by atoms with Gasteiger partial charge in [-0.25, -0.2) is 0 Å². The molecule has 158 valence electrons. The van der Waals surface area contributed by atoms with Crippen LogP contribution in [-0.4, -0.2) is 10.8 Å². The summed E-state index contributed by atoms with van der Waals surface area (Å²) >= 11 is 0. The molecule has 2 aromatic heterocycles. The Kier molecular flexibility index (Phi) is 6.46. The lowest BCUT2D eigenvalue weighted by atomic mass is 9.79. The first-order valence-corrected chi connectivity index (χ1v) is 11.5. The van der Waals surface area contributed by atoms with Crippen LogP contribution in [0.1, 0.15) is 88.4 Å². The van der Waals surface area contributed by atoms with E-state index in [9.17, 15) is 4.79 Å². The van der Waals surface area contributed by atoms with Crippen LogP contribution in [0.2, 0.25) is 0 Å². The molecule has 1 amide bonds. The topological polar surface area (TPSA) is 46.6 Å². The number of hydrogen-bond donors (Lipinski definition) is 0. The molecule has 2 aliphatic rings. The highest BCUT2D eigenvalue weighted by atomic mass is 16.3. The average Bonchev–Trinajstić information content (AvgIpc) is 3.13.